The van der Waals surface area contributed by atoms with E-state index in [2.05, 4.69) is 22.5 Å². The van der Waals surface area contributed by atoms with Gasteiger partial charge in [0.2, 0.25) is 11.9 Å². The van der Waals surface area contributed by atoms with Crippen LogP contribution in [0.1, 0.15) is 13.8 Å². The minimum atomic E-state index is -0.0720. The molecule has 0 aliphatic rings. The van der Waals surface area contributed by atoms with Gasteiger partial charge in [-0.25, -0.2) is 4.98 Å². The van der Waals surface area contributed by atoms with Gasteiger partial charge in [-0.05, 0) is 31.2 Å². The highest BCUT2D eigenvalue weighted by atomic mass is 16.1. The lowest BCUT2D eigenvalue weighted by Crippen LogP contribution is -2.05. The van der Waals surface area contributed by atoms with Gasteiger partial charge in [0.05, 0.1) is 0 Å². The SMILES string of the molecule is CCn1ccnc1Nc1ccc(NC(C)=O)cc1. The molecule has 2 aromatic rings. The number of carbonyl (C=O) groups excluding carboxylic acids is 1. The van der Waals surface area contributed by atoms with Crippen LogP contribution in [0.15, 0.2) is 36.7 Å². The molecule has 5 nitrogen and oxygen atoms in total. The van der Waals surface area contributed by atoms with E-state index >= 15 is 0 Å². The maximum absolute atomic E-state index is 10.9. The molecule has 2 N–H and O–H groups in total. The van der Waals surface area contributed by atoms with Crippen LogP contribution in [0.5, 0.6) is 0 Å². The molecule has 0 unspecified atom stereocenters. The molecule has 0 bridgehead atoms. The predicted octanol–water partition coefficient (Wildman–Crippen LogP) is 2.61. The van der Waals surface area contributed by atoms with Crippen molar-refractivity contribution in [3.8, 4) is 0 Å². The van der Waals surface area contributed by atoms with Crippen LogP contribution in [-0.4, -0.2) is 15.5 Å². The van der Waals surface area contributed by atoms with Gasteiger partial charge >= 0.3 is 0 Å². The summed E-state index contributed by atoms with van der Waals surface area (Å²) >= 11 is 0. The zero-order valence-corrected chi connectivity index (χ0v) is 10.5. The maximum Gasteiger partial charge on any atom is 0.221 e. The summed E-state index contributed by atoms with van der Waals surface area (Å²) < 4.78 is 2.02. The number of amides is 1. The molecular weight excluding hydrogens is 228 g/mol. The molecule has 18 heavy (non-hydrogen) atoms. The van der Waals surface area contributed by atoms with E-state index in [4.69, 9.17) is 0 Å². The van der Waals surface area contributed by atoms with Gasteiger partial charge in [-0.2, -0.15) is 0 Å². The van der Waals surface area contributed by atoms with Crippen molar-refractivity contribution in [1.29, 1.82) is 0 Å². The summed E-state index contributed by atoms with van der Waals surface area (Å²) in [6.07, 6.45) is 3.69. The standard InChI is InChI=1S/C13H16N4O/c1-3-17-9-8-14-13(17)16-12-6-4-11(5-7-12)15-10(2)18/h4-9H,3H2,1-2H3,(H,14,16)(H,15,18). The number of rotatable bonds is 4. The number of nitrogens with one attached hydrogen (secondary N) is 2. The van der Waals surface area contributed by atoms with E-state index in [1.54, 1.807) is 6.20 Å². The van der Waals surface area contributed by atoms with Crippen LogP contribution in [0.4, 0.5) is 17.3 Å². The van der Waals surface area contributed by atoms with Crippen molar-refractivity contribution in [3.05, 3.63) is 36.7 Å². The van der Waals surface area contributed by atoms with Crippen molar-refractivity contribution < 1.29 is 4.79 Å². The van der Waals surface area contributed by atoms with Gasteiger partial charge in [0.15, 0.2) is 0 Å². The number of benzene rings is 1. The van der Waals surface area contributed by atoms with E-state index in [-0.39, 0.29) is 5.91 Å². The Labute approximate surface area is 106 Å². The fraction of sp³-hybridized carbons (Fsp3) is 0.231. The highest BCUT2D eigenvalue weighted by Gasteiger charge is 2.01. The fourth-order valence-electron chi connectivity index (χ4n) is 1.66. The Morgan fingerprint density at radius 3 is 2.56 bits per heavy atom. The van der Waals surface area contributed by atoms with Crippen LogP contribution in [-0.2, 0) is 11.3 Å². The van der Waals surface area contributed by atoms with Crippen molar-refractivity contribution in [3.63, 3.8) is 0 Å². The maximum atomic E-state index is 10.9. The first kappa shape index (κ1) is 12.2. The minimum Gasteiger partial charge on any atom is -0.326 e. The zero-order valence-electron chi connectivity index (χ0n) is 10.5. The molecule has 5 heteroatoms. The van der Waals surface area contributed by atoms with Crippen LogP contribution < -0.4 is 10.6 Å². The Bertz CT molecular complexity index is 530. The molecule has 0 aliphatic carbocycles. The first-order chi connectivity index (χ1) is 8.69. The van der Waals surface area contributed by atoms with Crippen molar-refractivity contribution in [2.45, 2.75) is 20.4 Å². The second-order valence-corrected chi connectivity index (χ2v) is 3.92. The van der Waals surface area contributed by atoms with Crippen LogP contribution in [0.25, 0.3) is 0 Å². The van der Waals surface area contributed by atoms with E-state index in [9.17, 15) is 4.79 Å². The van der Waals surface area contributed by atoms with Crippen molar-refractivity contribution in [2.75, 3.05) is 10.6 Å². The monoisotopic (exact) mass is 244 g/mol. The number of hydrogen-bond donors (Lipinski definition) is 2. The molecule has 0 atom stereocenters. The minimum absolute atomic E-state index is 0.0720. The summed E-state index contributed by atoms with van der Waals surface area (Å²) in [5.41, 5.74) is 1.72. The molecule has 94 valence electrons. The summed E-state index contributed by atoms with van der Waals surface area (Å²) in [5.74, 6) is 0.738. The van der Waals surface area contributed by atoms with E-state index < -0.39 is 0 Å². The summed E-state index contributed by atoms with van der Waals surface area (Å²) in [5, 5.41) is 5.95. The number of hydrogen-bond acceptors (Lipinski definition) is 3. The average Bonchev–Trinajstić information content (AvgIpc) is 2.78. The summed E-state index contributed by atoms with van der Waals surface area (Å²) in [7, 11) is 0. The molecular formula is C13H16N4O. The second kappa shape index (κ2) is 5.35. The Balaban J connectivity index is 2.08. The van der Waals surface area contributed by atoms with Gasteiger partial charge in [-0.15, -0.1) is 0 Å². The smallest absolute Gasteiger partial charge is 0.221 e. The van der Waals surface area contributed by atoms with Crippen LogP contribution in [0.3, 0.4) is 0 Å². The third-order valence-corrected chi connectivity index (χ3v) is 2.52. The molecule has 0 saturated heterocycles. The van der Waals surface area contributed by atoms with Gasteiger partial charge in [0, 0.05) is 37.2 Å². The van der Waals surface area contributed by atoms with E-state index in [0.717, 1.165) is 23.9 Å². The van der Waals surface area contributed by atoms with Crippen molar-refractivity contribution >= 4 is 23.2 Å². The molecule has 1 aromatic heterocycles. The van der Waals surface area contributed by atoms with E-state index in [1.165, 1.54) is 6.92 Å². The third kappa shape index (κ3) is 2.88. The Morgan fingerprint density at radius 2 is 1.94 bits per heavy atom. The molecule has 0 spiro atoms. The van der Waals surface area contributed by atoms with Gasteiger partial charge in [-0.1, -0.05) is 0 Å². The Kier molecular flexibility index (Phi) is 3.62. The fourth-order valence-corrected chi connectivity index (χ4v) is 1.66. The van der Waals surface area contributed by atoms with Gasteiger partial charge in [0.25, 0.3) is 0 Å². The van der Waals surface area contributed by atoms with E-state index in [0.29, 0.717) is 0 Å². The number of carbonyl (C=O) groups is 1. The van der Waals surface area contributed by atoms with Crippen LogP contribution in [0.2, 0.25) is 0 Å². The third-order valence-electron chi connectivity index (χ3n) is 2.52. The average molecular weight is 244 g/mol. The molecule has 1 heterocycles. The number of aromatic nitrogens is 2. The largest absolute Gasteiger partial charge is 0.326 e. The summed E-state index contributed by atoms with van der Waals surface area (Å²) in [6.45, 7) is 4.42. The second-order valence-electron chi connectivity index (χ2n) is 3.92. The van der Waals surface area contributed by atoms with Crippen molar-refractivity contribution in [2.24, 2.45) is 0 Å². The van der Waals surface area contributed by atoms with Crippen molar-refractivity contribution in [1.82, 2.24) is 9.55 Å². The molecule has 0 radical (unpaired) electrons. The summed E-state index contributed by atoms with van der Waals surface area (Å²) in [6, 6.07) is 7.51. The van der Waals surface area contributed by atoms with Gasteiger partial charge in [0.1, 0.15) is 0 Å². The van der Waals surface area contributed by atoms with Gasteiger partial charge in [-0.3, -0.25) is 4.79 Å². The normalized spacial score (nSPS) is 10.1. The first-order valence-corrected chi connectivity index (χ1v) is 5.85. The lowest BCUT2D eigenvalue weighted by Gasteiger charge is -2.08. The Hall–Kier alpha value is -2.30. The molecule has 1 amide bonds. The molecule has 0 fully saturated rings. The van der Waals surface area contributed by atoms with E-state index in [1.807, 2.05) is 35.0 Å². The van der Waals surface area contributed by atoms with Gasteiger partial charge < -0.3 is 15.2 Å². The number of aryl methyl sites for hydroxylation is 1. The predicted molar refractivity (Wildman–Crippen MR) is 71.9 cm³/mol. The van der Waals surface area contributed by atoms with Crippen LogP contribution >= 0.6 is 0 Å². The number of imidazole rings is 1. The lowest BCUT2D eigenvalue weighted by atomic mass is 10.3. The molecule has 2 rings (SSSR count). The quantitative estimate of drug-likeness (QED) is 0.869. The lowest BCUT2D eigenvalue weighted by molar-refractivity contribution is -0.114. The van der Waals surface area contributed by atoms with Crippen LogP contribution in [0, 0.1) is 0 Å². The molecule has 0 aliphatic heterocycles. The zero-order chi connectivity index (χ0) is 13.0. The number of anilines is 3. The highest BCUT2D eigenvalue weighted by Crippen LogP contribution is 2.17. The summed E-state index contributed by atoms with van der Waals surface area (Å²) in [4.78, 5) is 15.1. The highest BCUT2D eigenvalue weighted by molar-refractivity contribution is 5.88. The molecule has 0 saturated carbocycles. The molecule has 1 aromatic carbocycles. The first-order valence-electron chi connectivity index (χ1n) is 5.85. The Morgan fingerprint density at radius 1 is 1.28 bits per heavy atom. The topological polar surface area (TPSA) is 59.0 Å². The number of nitrogens with zero attached hydrogens (tertiary/aromatic N) is 2.